The maximum atomic E-state index is 12.3. The first-order valence-electron chi connectivity index (χ1n) is 6.46. The lowest BCUT2D eigenvalue weighted by atomic mass is 10.2. The lowest BCUT2D eigenvalue weighted by Crippen LogP contribution is -2.38. The average molecular weight is 304 g/mol. The highest BCUT2D eigenvalue weighted by Crippen LogP contribution is 2.21. The maximum absolute atomic E-state index is 12.3. The first kappa shape index (κ1) is 14.7. The van der Waals surface area contributed by atoms with Gasteiger partial charge in [0.1, 0.15) is 4.90 Å². The molecule has 1 aliphatic rings. The van der Waals surface area contributed by atoms with Crippen molar-refractivity contribution in [2.24, 2.45) is 0 Å². The molecule has 2 rings (SSSR count). The molecule has 0 saturated carbocycles. The van der Waals surface area contributed by atoms with Crippen molar-refractivity contribution in [1.82, 2.24) is 14.5 Å². The summed E-state index contributed by atoms with van der Waals surface area (Å²) in [5.74, 6) is 2.00. The molecule has 0 radical (unpaired) electrons. The largest absolute Gasteiger partial charge is 0.381 e. The summed E-state index contributed by atoms with van der Waals surface area (Å²) in [6.07, 6.45) is 4.32. The van der Waals surface area contributed by atoms with Gasteiger partial charge in [-0.3, -0.25) is 4.68 Å². The molecule has 0 aliphatic carbocycles. The van der Waals surface area contributed by atoms with Crippen LogP contribution in [0.5, 0.6) is 0 Å². The number of aromatic nitrogens is 2. The van der Waals surface area contributed by atoms with E-state index in [-0.39, 0.29) is 16.8 Å². The Hall–Kier alpha value is -0.730. The van der Waals surface area contributed by atoms with Gasteiger partial charge < -0.3 is 5.73 Å². The minimum Gasteiger partial charge on any atom is -0.381 e. The third kappa shape index (κ3) is 3.64. The van der Waals surface area contributed by atoms with E-state index in [1.165, 1.54) is 6.20 Å². The van der Waals surface area contributed by atoms with Crippen LogP contribution in [0.1, 0.15) is 26.2 Å². The Balaban J connectivity index is 2.14. The van der Waals surface area contributed by atoms with E-state index in [4.69, 9.17) is 5.73 Å². The fourth-order valence-electron chi connectivity index (χ4n) is 2.09. The van der Waals surface area contributed by atoms with Crippen molar-refractivity contribution in [3.63, 3.8) is 0 Å². The van der Waals surface area contributed by atoms with Crippen LogP contribution in [0.2, 0.25) is 0 Å². The zero-order valence-corrected chi connectivity index (χ0v) is 12.6. The third-order valence-corrected chi connectivity index (χ3v) is 5.73. The van der Waals surface area contributed by atoms with Gasteiger partial charge in [0.05, 0.1) is 0 Å². The van der Waals surface area contributed by atoms with Crippen molar-refractivity contribution in [3.05, 3.63) is 6.20 Å². The van der Waals surface area contributed by atoms with Crippen LogP contribution >= 0.6 is 11.8 Å². The van der Waals surface area contributed by atoms with Gasteiger partial charge in [0.25, 0.3) is 0 Å². The molecule has 0 spiro atoms. The molecular formula is C11H20N4O2S2. The van der Waals surface area contributed by atoms with Gasteiger partial charge in [-0.1, -0.05) is 6.92 Å². The van der Waals surface area contributed by atoms with E-state index in [9.17, 15) is 8.42 Å². The van der Waals surface area contributed by atoms with E-state index in [2.05, 4.69) is 9.82 Å². The van der Waals surface area contributed by atoms with Crippen LogP contribution in [0.4, 0.5) is 5.82 Å². The molecule has 1 unspecified atom stereocenters. The zero-order chi connectivity index (χ0) is 13.9. The molecule has 108 valence electrons. The summed E-state index contributed by atoms with van der Waals surface area (Å²) in [4.78, 5) is 0.0940. The summed E-state index contributed by atoms with van der Waals surface area (Å²) in [7, 11) is -3.56. The lowest BCUT2D eigenvalue weighted by Gasteiger charge is -2.21. The smallest absolute Gasteiger partial charge is 0.246 e. The van der Waals surface area contributed by atoms with Crippen LogP contribution in [-0.4, -0.2) is 35.7 Å². The number of hydrogen-bond acceptors (Lipinski definition) is 5. The van der Waals surface area contributed by atoms with E-state index in [1.807, 2.05) is 6.92 Å². The molecule has 2 heterocycles. The van der Waals surface area contributed by atoms with Crippen molar-refractivity contribution < 1.29 is 8.42 Å². The second-order valence-electron chi connectivity index (χ2n) is 4.68. The number of nitrogen functional groups attached to an aromatic ring is 1. The second kappa shape index (κ2) is 6.15. The van der Waals surface area contributed by atoms with Crippen LogP contribution < -0.4 is 10.5 Å². The lowest BCUT2D eigenvalue weighted by molar-refractivity contribution is 0.542. The number of nitrogens with two attached hydrogens (primary N) is 1. The first-order chi connectivity index (χ1) is 9.03. The summed E-state index contributed by atoms with van der Waals surface area (Å²) in [6.45, 7) is 2.67. The number of nitrogens with one attached hydrogen (secondary N) is 1. The molecule has 3 N–H and O–H groups in total. The molecular weight excluding hydrogens is 284 g/mol. The Bertz CT molecular complexity index is 521. The molecule has 8 heteroatoms. The normalized spacial score (nSPS) is 20.6. The Kier molecular flexibility index (Phi) is 4.75. The van der Waals surface area contributed by atoms with Crippen LogP contribution in [0, 0.1) is 0 Å². The summed E-state index contributed by atoms with van der Waals surface area (Å²) in [5, 5.41) is 4.03. The van der Waals surface area contributed by atoms with Crippen molar-refractivity contribution in [3.8, 4) is 0 Å². The van der Waals surface area contributed by atoms with Crippen molar-refractivity contribution in [2.45, 2.75) is 43.7 Å². The van der Waals surface area contributed by atoms with E-state index < -0.39 is 10.0 Å². The molecule has 1 saturated heterocycles. The number of anilines is 1. The molecule has 1 fully saturated rings. The fourth-order valence-corrected chi connectivity index (χ4v) is 4.61. The van der Waals surface area contributed by atoms with Crippen LogP contribution in [0.25, 0.3) is 0 Å². The zero-order valence-electron chi connectivity index (χ0n) is 11.0. The highest BCUT2D eigenvalue weighted by molar-refractivity contribution is 7.99. The van der Waals surface area contributed by atoms with E-state index >= 15 is 0 Å². The van der Waals surface area contributed by atoms with Crippen molar-refractivity contribution >= 4 is 27.6 Å². The van der Waals surface area contributed by atoms with Gasteiger partial charge in [-0.15, -0.1) is 0 Å². The van der Waals surface area contributed by atoms with E-state index in [1.54, 1.807) is 16.4 Å². The van der Waals surface area contributed by atoms with Gasteiger partial charge in [-0.05, 0) is 25.0 Å². The Morgan fingerprint density at radius 3 is 3.05 bits per heavy atom. The van der Waals surface area contributed by atoms with Crippen LogP contribution in [-0.2, 0) is 16.6 Å². The quantitative estimate of drug-likeness (QED) is 0.848. The van der Waals surface area contributed by atoms with Gasteiger partial charge in [0.15, 0.2) is 5.82 Å². The maximum Gasteiger partial charge on any atom is 0.246 e. The van der Waals surface area contributed by atoms with E-state index in [0.29, 0.717) is 6.54 Å². The van der Waals surface area contributed by atoms with Crippen molar-refractivity contribution in [1.29, 1.82) is 0 Å². The van der Waals surface area contributed by atoms with Gasteiger partial charge in [-0.25, -0.2) is 13.1 Å². The predicted octanol–water partition coefficient (Wildman–Crippen LogP) is 1.05. The van der Waals surface area contributed by atoms with Crippen LogP contribution in [0.3, 0.4) is 0 Å². The van der Waals surface area contributed by atoms with Gasteiger partial charge in [-0.2, -0.15) is 16.9 Å². The summed E-state index contributed by atoms with van der Waals surface area (Å²) < 4.78 is 28.9. The predicted molar refractivity (Wildman–Crippen MR) is 77.6 cm³/mol. The van der Waals surface area contributed by atoms with Crippen molar-refractivity contribution in [2.75, 3.05) is 17.2 Å². The molecule has 0 bridgehead atoms. The minimum absolute atomic E-state index is 0.00215. The summed E-state index contributed by atoms with van der Waals surface area (Å²) in [6, 6.07) is -0.00215. The number of thioether (sulfide) groups is 1. The molecule has 19 heavy (non-hydrogen) atoms. The highest BCUT2D eigenvalue weighted by atomic mass is 32.2. The second-order valence-corrected chi connectivity index (χ2v) is 7.51. The topological polar surface area (TPSA) is 90.0 Å². The number of nitrogens with zero attached hydrogens (tertiary/aromatic N) is 2. The number of rotatable bonds is 5. The Morgan fingerprint density at radius 2 is 2.42 bits per heavy atom. The highest BCUT2D eigenvalue weighted by Gasteiger charge is 2.25. The Morgan fingerprint density at radius 1 is 1.63 bits per heavy atom. The molecule has 0 aromatic carbocycles. The molecule has 6 nitrogen and oxygen atoms in total. The fraction of sp³-hybridized carbons (Fsp3) is 0.727. The minimum atomic E-state index is -3.56. The van der Waals surface area contributed by atoms with Gasteiger partial charge in [0.2, 0.25) is 10.0 Å². The number of sulfonamides is 1. The van der Waals surface area contributed by atoms with E-state index in [0.717, 1.165) is 30.8 Å². The average Bonchev–Trinajstić information content (AvgIpc) is 2.72. The van der Waals surface area contributed by atoms with Gasteiger partial charge in [0, 0.05) is 24.5 Å². The first-order valence-corrected chi connectivity index (χ1v) is 9.09. The van der Waals surface area contributed by atoms with Gasteiger partial charge >= 0.3 is 0 Å². The summed E-state index contributed by atoms with van der Waals surface area (Å²) in [5.41, 5.74) is 5.71. The number of hydrogen-bond donors (Lipinski definition) is 2. The molecule has 0 amide bonds. The Labute approximate surface area is 118 Å². The van der Waals surface area contributed by atoms with Crippen LogP contribution in [0.15, 0.2) is 11.1 Å². The molecule has 1 aromatic rings. The molecule has 1 aliphatic heterocycles. The monoisotopic (exact) mass is 304 g/mol. The standard InChI is InChI=1S/C11H20N4O2S2/c1-2-5-15-7-10(11(12)13-15)19(16,17)14-9-4-3-6-18-8-9/h7,9,14H,2-6,8H2,1H3,(H2,12,13). The summed E-state index contributed by atoms with van der Waals surface area (Å²) >= 11 is 1.78. The SMILES string of the molecule is CCCn1cc(S(=O)(=O)NC2CCCSC2)c(N)n1. The molecule has 1 atom stereocenters. The molecule has 1 aromatic heterocycles. The number of aryl methyl sites for hydroxylation is 1. The third-order valence-electron chi connectivity index (χ3n) is 2.98.